The number of benzene rings is 1. The summed E-state index contributed by atoms with van der Waals surface area (Å²) >= 11 is 0. The molecule has 0 aliphatic heterocycles. The average Bonchev–Trinajstić information content (AvgIpc) is 2.30. The predicted octanol–water partition coefficient (Wildman–Crippen LogP) is 3.04. The summed E-state index contributed by atoms with van der Waals surface area (Å²) in [6.45, 7) is 2.07. The molecule has 15 heavy (non-hydrogen) atoms. The summed E-state index contributed by atoms with van der Waals surface area (Å²) in [5.41, 5.74) is 4.18. The van der Waals surface area contributed by atoms with Crippen LogP contribution in [0.5, 0.6) is 0 Å². The molecule has 0 fully saturated rings. The zero-order valence-electron chi connectivity index (χ0n) is 8.57. The van der Waals surface area contributed by atoms with Crippen LogP contribution >= 0.6 is 0 Å². The van der Waals surface area contributed by atoms with Gasteiger partial charge in [0.05, 0.1) is 0 Å². The fourth-order valence-electron chi connectivity index (χ4n) is 1.40. The topological polar surface area (TPSA) is 12.9 Å². The zero-order chi connectivity index (χ0) is 10.7. The summed E-state index contributed by atoms with van der Waals surface area (Å²) in [6.07, 6.45) is 7.05. The Bertz CT molecular complexity index is 486. The number of aromatic nitrogens is 1. The highest BCUT2D eigenvalue weighted by atomic mass is 14.7. The van der Waals surface area contributed by atoms with Crippen LogP contribution in [0.1, 0.15) is 11.3 Å². The van der Waals surface area contributed by atoms with E-state index in [1.54, 1.807) is 6.20 Å². The summed E-state index contributed by atoms with van der Waals surface area (Å²) in [5, 5.41) is 0. The van der Waals surface area contributed by atoms with Crippen molar-refractivity contribution in [2.24, 2.45) is 0 Å². The van der Waals surface area contributed by atoms with Crippen molar-refractivity contribution in [3.8, 4) is 23.5 Å². The largest absolute Gasteiger partial charge is 0.247 e. The van der Waals surface area contributed by atoms with E-state index in [0.717, 1.165) is 11.1 Å². The van der Waals surface area contributed by atoms with Gasteiger partial charge in [-0.1, -0.05) is 41.8 Å². The van der Waals surface area contributed by atoms with Crippen LogP contribution in [0.4, 0.5) is 0 Å². The van der Waals surface area contributed by atoms with E-state index in [2.05, 4.69) is 42.1 Å². The molecule has 2 aromatic rings. The molecule has 0 saturated carbocycles. The van der Waals surface area contributed by atoms with E-state index in [9.17, 15) is 0 Å². The van der Waals surface area contributed by atoms with Crippen molar-refractivity contribution in [1.29, 1.82) is 0 Å². The lowest BCUT2D eigenvalue weighted by Gasteiger charge is -2.01. The van der Waals surface area contributed by atoms with Crippen LogP contribution < -0.4 is 0 Å². The molecule has 1 nitrogen and oxygen atoms in total. The molecule has 0 radical (unpaired) electrons. The van der Waals surface area contributed by atoms with Crippen LogP contribution in [0.2, 0.25) is 0 Å². The Labute approximate surface area is 89.8 Å². The van der Waals surface area contributed by atoms with Gasteiger partial charge in [0, 0.05) is 11.8 Å². The lowest BCUT2D eigenvalue weighted by molar-refractivity contribution is 1.29. The highest BCUT2D eigenvalue weighted by Gasteiger charge is 1.97. The van der Waals surface area contributed by atoms with Gasteiger partial charge in [-0.25, -0.2) is 4.98 Å². The molecule has 0 spiro atoms. The van der Waals surface area contributed by atoms with Crippen LogP contribution in [0.3, 0.4) is 0 Å². The van der Waals surface area contributed by atoms with Crippen LogP contribution in [0, 0.1) is 19.3 Å². The van der Waals surface area contributed by atoms with E-state index in [0.29, 0.717) is 5.69 Å². The molecule has 0 unspecified atom stereocenters. The normalized spacial score (nSPS) is 9.60. The second kappa shape index (κ2) is 3.98. The van der Waals surface area contributed by atoms with Gasteiger partial charge in [-0.2, -0.15) is 0 Å². The quantitative estimate of drug-likeness (QED) is 0.634. The molecule has 1 heteroatoms. The van der Waals surface area contributed by atoms with E-state index in [1.165, 1.54) is 5.56 Å². The van der Waals surface area contributed by atoms with Crippen LogP contribution in [0.25, 0.3) is 11.1 Å². The average molecular weight is 193 g/mol. The van der Waals surface area contributed by atoms with Crippen LogP contribution in [-0.2, 0) is 0 Å². The molecule has 1 aromatic heterocycles. The van der Waals surface area contributed by atoms with Crippen molar-refractivity contribution in [3.05, 3.63) is 53.9 Å². The first kappa shape index (κ1) is 9.48. The van der Waals surface area contributed by atoms with Crippen molar-refractivity contribution in [1.82, 2.24) is 4.98 Å². The molecule has 0 saturated heterocycles. The Hall–Kier alpha value is -2.07. The van der Waals surface area contributed by atoms with Gasteiger partial charge < -0.3 is 0 Å². The predicted molar refractivity (Wildman–Crippen MR) is 62.3 cm³/mol. The van der Waals surface area contributed by atoms with Crippen molar-refractivity contribution >= 4 is 0 Å². The Morgan fingerprint density at radius 2 is 1.67 bits per heavy atom. The minimum absolute atomic E-state index is 0.672. The zero-order valence-corrected chi connectivity index (χ0v) is 8.57. The van der Waals surface area contributed by atoms with Gasteiger partial charge in [-0.15, -0.1) is 6.42 Å². The minimum atomic E-state index is 0.672. The molecular weight excluding hydrogens is 182 g/mol. The summed E-state index contributed by atoms with van der Waals surface area (Å²) < 4.78 is 0. The first-order valence-electron chi connectivity index (χ1n) is 4.79. The summed E-state index contributed by atoms with van der Waals surface area (Å²) in [5.74, 6) is 2.50. The highest BCUT2D eigenvalue weighted by molar-refractivity contribution is 5.63. The summed E-state index contributed by atoms with van der Waals surface area (Å²) in [7, 11) is 0. The monoisotopic (exact) mass is 193 g/mol. The van der Waals surface area contributed by atoms with Crippen LogP contribution in [0.15, 0.2) is 42.6 Å². The lowest BCUT2D eigenvalue weighted by atomic mass is 10.1. The molecule has 0 amide bonds. The third-order valence-electron chi connectivity index (χ3n) is 2.30. The number of nitrogens with zero attached hydrogens (tertiary/aromatic N) is 1. The first-order valence-corrected chi connectivity index (χ1v) is 4.79. The maximum atomic E-state index is 5.25. The van der Waals surface area contributed by atoms with E-state index in [1.807, 2.05) is 12.1 Å². The number of pyridine rings is 1. The van der Waals surface area contributed by atoms with E-state index >= 15 is 0 Å². The maximum Gasteiger partial charge on any atom is 0.112 e. The van der Waals surface area contributed by atoms with Gasteiger partial charge in [0.15, 0.2) is 0 Å². The molecule has 0 N–H and O–H groups in total. The Morgan fingerprint density at radius 3 is 2.20 bits per heavy atom. The maximum absolute atomic E-state index is 5.25. The molecule has 0 atom stereocenters. The van der Waals surface area contributed by atoms with Gasteiger partial charge in [-0.05, 0) is 18.6 Å². The Kier molecular flexibility index (Phi) is 2.51. The minimum Gasteiger partial charge on any atom is -0.247 e. The molecule has 0 bridgehead atoms. The van der Waals surface area contributed by atoms with Crippen LogP contribution in [-0.4, -0.2) is 4.98 Å². The highest BCUT2D eigenvalue weighted by Crippen LogP contribution is 2.18. The second-order valence-corrected chi connectivity index (χ2v) is 3.44. The first-order chi connectivity index (χ1) is 7.29. The Morgan fingerprint density at radius 1 is 1.00 bits per heavy atom. The molecule has 72 valence electrons. The number of hydrogen-bond acceptors (Lipinski definition) is 1. The number of rotatable bonds is 1. The van der Waals surface area contributed by atoms with Crippen molar-refractivity contribution in [2.45, 2.75) is 6.92 Å². The number of terminal acetylenes is 1. The lowest BCUT2D eigenvalue weighted by Crippen LogP contribution is -1.83. The summed E-state index contributed by atoms with van der Waals surface area (Å²) in [4.78, 5) is 4.16. The second-order valence-electron chi connectivity index (χ2n) is 3.44. The molecule has 1 heterocycles. The van der Waals surface area contributed by atoms with E-state index in [-0.39, 0.29) is 0 Å². The molecule has 0 aliphatic carbocycles. The van der Waals surface area contributed by atoms with Crippen molar-refractivity contribution < 1.29 is 0 Å². The van der Waals surface area contributed by atoms with E-state index in [4.69, 9.17) is 6.42 Å². The van der Waals surface area contributed by atoms with Gasteiger partial charge >= 0.3 is 0 Å². The van der Waals surface area contributed by atoms with E-state index < -0.39 is 0 Å². The fourth-order valence-corrected chi connectivity index (χ4v) is 1.40. The molecule has 0 aliphatic rings. The van der Waals surface area contributed by atoms with Crippen molar-refractivity contribution in [2.75, 3.05) is 0 Å². The number of hydrogen-bond donors (Lipinski definition) is 0. The van der Waals surface area contributed by atoms with Gasteiger partial charge in [-0.3, -0.25) is 0 Å². The smallest absolute Gasteiger partial charge is 0.112 e. The number of aryl methyl sites for hydroxylation is 1. The fraction of sp³-hybridized carbons (Fsp3) is 0.0714. The van der Waals surface area contributed by atoms with Gasteiger partial charge in [0.1, 0.15) is 5.69 Å². The third-order valence-corrected chi connectivity index (χ3v) is 2.30. The molecule has 1 aromatic carbocycles. The SMILES string of the molecule is C#Cc1ccc(-c2ccc(C)cc2)cn1. The third kappa shape index (κ3) is 2.05. The van der Waals surface area contributed by atoms with Gasteiger partial charge in [0.2, 0.25) is 0 Å². The Balaban J connectivity index is 2.38. The molecule has 2 rings (SSSR count). The summed E-state index contributed by atoms with van der Waals surface area (Å²) in [6, 6.07) is 12.2. The standard InChI is InChI=1S/C14H11N/c1-3-14-9-8-13(10-15-14)12-6-4-11(2)5-7-12/h1,4-10H,2H3. The molecular formula is C14H11N. The van der Waals surface area contributed by atoms with Gasteiger partial charge in [0.25, 0.3) is 0 Å². The van der Waals surface area contributed by atoms with Crippen molar-refractivity contribution in [3.63, 3.8) is 0 Å².